The molecule has 1 aliphatic carbocycles. The van der Waals surface area contributed by atoms with Crippen molar-refractivity contribution in [2.24, 2.45) is 17.4 Å². The highest BCUT2D eigenvalue weighted by atomic mass is 32.2. The van der Waals surface area contributed by atoms with Crippen LogP contribution >= 0.6 is 11.8 Å². The largest absolute Gasteiger partial charge is 0.497 e. The van der Waals surface area contributed by atoms with Crippen molar-refractivity contribution in [2.45, 2.75) is 22.7 Å². The quantitative estimate of drug-likeness (QED) is 0.283. The molecule has 4 atom stereocenters. The second-order valence-electron chi connectivity index (χ2n) is 8.28. The van der Waals surface area contributed by atoms with E-state index in [2.05, 4.69) is 5.32 Å². The number of thioether (sulfide) groups is 1. The highest BCUT2D eigenvalue weighted by Gasteiger charge is 2.72. The maximum atomic E-state index is 13.7. The van der Waals surface area contributed by atoms with E-state index in [1.807, 2.05) is 29.2 Å². The summed E-state index contributed by atoms with van der Waals surface area (Å²) in [6.07, 6.45) is -0.963. The molecular formula is C22H24N4O6S. The molecule has 1 amide bonds. The number of ether oxygens (including phenoxy) is 3. The number of primary amides is 1. The van der Waals surface area contributed by atoms with Gasteiger partial charge in [-0.05, 0) is 24.3 Å². The average Bonchev–Trinajstić information content (AvgIpc) is 3.42. The molecule has 33 heavy (non-hydrogen) atoms. The van der Waals surface area contributed by atoms with Crippen molar-refractivity contribution in [3.05, 3.63) is 46.8 Å². The minimum atomic E-state index is -1.02. The van der Waals surface area contributed by atoms with E-state index in [1.165, 1.54) is 18.9 Å². The number of nitrogens with one attached hydrogen (secondary N) is 1. The zero-order valence-electron chi connectivity index (χ0n) is 18.1. The summed E-state index contributed by atoms with van der Waals surface area (Å²) < 4.78 is 16.2. The van der Waals surface area contributed by atoms with Gasteiger partial charge in [0.15, 0.2) is 5.72 Å². The number of carbonyl (C=O) groups is 3. The molecule has 0 saturated carbocycles. The van der Waals surface area contributed by atoms with Crippen LogP contribution in [0.15, 0.2) is 51.7 Å². The first-order valence-electron chi connectivity index (χ1n) is 10.4. The third-order valence-corrected chi connectivity index (χ3v) is 7.81. The van der Waals surface area contributed by atoms with Gasteiger partial charge in [-0.25, -0.2) is 4.79 Å². The number of nitrogens with two attached hydrogens (primary N) is 2. The average molecular weight is 473 g/mol. The predicted molar refractivity (Wildman–Crippen MR) is 118 cm³/mol. The number of hydrogen-bond donors (Lipinski definition) is 3. The minimum Gasteiger partial charge on any atom is -0.497 e. The molecule has 1 aromatic carbocycles. The van der Waals surface area contributed by atoms with Crippen molar-refractivity contribution in [1.29, 1.82) is 0 Å². The fraction of sp³-hybridized carbons (Fsp3) is 0.409. The third-order valence-electron chi connectivity index (χ3n) is 6.77. The van der Waals surface area contributed by atoms with E-state index in [-0.39, 0.29) is 52.8 Å². The van der Waals surface area contributed by atoms with E-state index >= 15 is 0 Å². The number of allylic oxidation sites excluding steroid dienone is 2. The van der Waals surface area contributed by atoms with E-state index < -0.39 is 23.5 Å². The van der Waals surface area contributed by atoms with Crippen LogP contribution in [-0.2, 0) is 19.1 Å². The zero-order chi connectivity index (χ0) is 23.5. The molecule has 3 aliphatic heterocycles. The number of fused-ring (bicyclic) bond motifs is 4. The number of Topliss-reactive ketones (excluding diaryl/α,β-unsaturated/α-hetero) is 2. The molecule has 2 saturated heterocycles. The Bertz CT molecular complexity index is 1120. The SMILES string of the molecule is COc1ccc(SCC2=C(N)C(=O)C3=C(C2=O)N2C[C@@H]4N[C@@H]4[C@]2(OC)[C@@H]3COC(N)=O)cc1. The normalized spacial score (nSPS) is 29.8. The summed E-state index contributed by atoms with van der Waals surface area (Å²) in [5.41, 5.74) is 11.1. The van der Waals surface area contributed by atoms with Crippen LogP contribution in [0, 0.1) is 5.92 Å². The summed E-state index contributed by atoms with van der Waals surface area (Å²) in [7, 11) is 3.11. The highest BCUT2D eigenvalue weighted by molar-refractivity contribution is 7.99. The molecule has 3 heterocycles. The van der Waals surface area contributed by atoms with Crippen LogP contribution in [0.5, 0.6) is 5.75 Å². The molecule has 5 rings (SSSR count). The molecule has 10 nitrogen and oxygen atoms in total. The Hall–Kier alpha value is -3.02. The van der Waals surface area contributed by atoms with Crippen molar-refractivity contribution >= 4 is 29.4 Å². The fourth-order valence-corrected chi connectivity index (χ4v) is 6.14. The Morgan fingerprint density at radius 1 is 1.24 bits per heavy atom. The first-order valence-corrected chi connectivity index (χ1v) is 11.4. The van der Waals surface area contributed by atoms with Gasteiger partial charge in [-0.2, -0.15) is 0 Å². The lowest BCUT2D eigenvalue weighted by Gasteiger charge is -2.39. The summed E-state index contributed by atoms with van der Waals surface area (Å²) >= 11 is 1.41. The Morgan fingerprint density at radius 2 is 1.97 bits per heavy atom. The van der Waals surface area contributed by atoms with Gasteiger partial charge in [0.25, 0.3) is 0 Å². The number of benzene rings is 1. The molecule has 5 N–H and O–H groups in total. The topological polar surface area (TPSA) is 156 Å². The number of ketones is 2. The number of carbonyl (C=O) groups excluding carboxylic acids is 3. The number of amides is 1. The molecular weight excluding hydrogens is 448 g/mol. The maximum absolute atomic E-state index is 13.7. The summed E-state index contributed by atoms with van der Waals surface area (Å²) in [5, 5.41) is 3.32. The molecule has 11 heteroatoms. The van der Waals surface area contributed by atoms with Crippen molar-refractivity contribution in [1.82, 2.24) is 10.2 Å². The number of hydrogen-bond acceptors (Lipinski definition) is 10. The van der Waals surface area contributed by atoms with Crippen LogP contribution in [0.1, 0.15) is 0 Å². The van der Waals surface area contributed by atoms with Crippen LogP contribution in [0.25, 0.3) is 0 Å². The van der Waals surface area contributed by atoms with Gasteiger partial charge in [0.05, 0.1) is 30.5 Å². The van der Waals surface area contributed by atoms with Gasteiger partial charge in [0, 0.05) is 41.5 Å². The minimum absolute atomic E-state index is 0.0865. The molecule has 0 unspecified atom stereocenters. The lowest BCUT2D eigenvalue weighted by atomic mass is 9.82. The Kier molecular flexibility index (Phi) is 5.15. The van der Waals surface area contributed by atoms with Gasteiger partial charge in [-0.15, -0.1) is 11.8 Å². The summed E-state index contributed by atoms with van der Waals surface area (Å²) in [6, 6.07) is 7.42. The van der Waals surface area contributed by atoms with Crippen molar-refractivity contribution in [3.63, 3.8) is 0 Å². The first kappa shape index (κ1) is 21.8. The van der Waals surface area contributed by atoms with Gasteiger partial charge >= 0.3 is 6.09 Å². The van der Waals surface area contributed by atoms with E-state index in [0.29, 0.717) is 6.54 Å². The highest BCUT2D eigenvalue weighted by Crippen LogP contribution is 2.55. The Morgan fingerprint density at radius 3 is 2.61 bits per heavy atom. The van der Waals surface area contributed by atoms with Gasteiger partial charge in [-0.3, -0.25) is 9.59 Å². The predicted octanol–water partition coefficient (Wildman–Crippen LogP) is 0.130. The zero-order valence-corrected chi connectivity index (χ0v) is 18.9. The lowest BCUT2D eigenvalue weighted by Crippen LogP contribution is -2.55. The molecule has 0 spiro atoms. The van der Waals surface area contributed by atoms with E-state index in [4.69, 9.17) is 25.7 Å². The van der Waals surface area contributed by atoms with Gasteiger partial charge in [0.2, 0.25) is 11.6 Å². The lowest BCUT2D eigenvalue weighted by molar-refractivity contribution is -0.137. The summed E-state index contributed by atoms with van der Waals surface area (Å²) in [5.74, 6) is -0.464. The van der Waals surface area contributed by atoms with Crippen LogP contribution in [-0.4, -0.2) is 73.5 Å². The second kappa shape index (κ2) is 7.79. The summed E-state index contributed by atoms with van der Waals surface area (Å²) in [6.45, 7) is 0.313. The number of methoxy groups -OCH3 is 2. The van der Waals surface area contributed by atoms with Gasteiger partial charge in [-0.1, -0.05) is 0 Å². The standard InChI is InChI=1S/C22H24N4O6S/c1-30-10-3-5-11(6-4-10)33-9-12-16(23)19(28)15-13(8-32-21(24)29)22(31-2)20-14(25-20)7-26(22)17(15)18(12)27/h3-6,13-14,20,25H,7-9,23H2,1-2H3,(H2,24,29)/t13-,14+,20+,22-/m1/s1. The number of nitrogens with zero attached hydrogens (tertiary/aromatic N) is 1. The molecule has 174 valence electrons. The van der Waals surface area contributed by atoms with Crippen LogP contribution in [0.2, 0.25) is 0 Å². The molecule has 1 aromatic rings. The number of rotatable bonds is 7. The Labute approximate surface area is 194 Å². The van der Waals surface area contributed by atoms with Crippen molar-refractivity contribution in [2.75, 3.05) is 33.1 Å². The van der Waals surface area contributed by atoms with E-state index in [9.17, 15) is 14.4 Å². The van der Waals surface area contributed by atoms with Crippen LogP contribution in [0.4, 0.5) is 4.79 Å². The molecule has 4 aliphatic rings. The van der Waals surface area contributed by atoms with Crippen LogP contribution < -0.4 is 21.5 Å². The van der Waals surface area contributed by atoms with Crippen LogP contribution in [0.3, 0.4) is 0 Å². The second-order valence-corrected chi connectivity index (χ2v) is 9.33. The molecule has 0 radical (unpaired) electrons. The van der Waals surface area contributed by atoms with Crippen molar-refractivity contribution in [3.8, 4) is 5.75 Å². The summed E-state index contributed by atoms with van der Waals surface area (Å²) in [4.78, 5) is 41.2. The molecule has 2 fully saturated rings. The van der Waals surface area contributed by atoms with Crippen molar-refractivity contribution < 1.29 is 28.6 Å². The maximum Gasteiger partial charge on any atom is 0.404 e. The molecule has 0 bridgehead atoms. The molecule has 0 aromatic heterocycles. The van der Waals surface area contributed by atoms with E-state index in [0.717, 1.165) is 10.6 Å². The Balaban J connectivity index is 1.46. The smallest absolute Gasteiger partial charge is 0.404 e. The number of piperazine rings is 1. The first-order chi connectivity index (χ1) is 15.8. The fourth-order valence-electron chi connectivity index (χ4n) is 5.21. The van der Waals surface area contributed by atoms with Gasteiger partial charge in [0.1, 0.15) is 12.4 Å². The van der Waals surface area contributed by atoms with E-state index in [1.54, 1.807) is 7.11 Å². The van der Waals surface area contributed by atoms with Gasteiger partial charge < -0.3 is 35.9 Å². The monoisotopic (exact) mass is 472 g/mol. The third kappa shape index (κ3) is 3.14.